The molecule has 8 nitrogen and oxygen atoms in total. The Morgan fingerprint density at radius 3 is 2.45 bits per heavy atom. The van der Waals surface area contributed by atoms with Crippen LogP contribution in [-0.2, 0) is 9.84 Å². The number of nitrogens with zero attached hydrogens (tertiary/aromatic N) is 3. The van der Waals surface area contributed by atoms with Gasteiger partial charge >= 0.3 is 6.01 Å². The molecule has 0 aliphatic heterocycles. The van der Waals surface area contributed by atoms with E-state index in [2.05, 4.69) is 25.5 Å². The van der Waals surface area contributed by atoms with E-state index >= 15 is 0 Å². The molecule has 0 spiro atoms. The number of aromatic amines is 1. The van der Waals surface area contributed by atoms with E-state index in [1.54, 1.807) is 0 Å². The summed E-state index contributed by atoms with van der Waals surface area (Å²) in [7, 11) is -3.33. The van der Waals surface area contributed by atoms with Crippen LogP contribution in [0.4, 0.5) is 23.4 Å². The van der Waals surface area contributed by atoms with Gasteiger partial charge in [0.15, 0.2) is 17.2 Å². The zero-order chi connectivity index (χ0) is 23.8. The lowest BCUT2D eigenvalue weighted by Crippen LogP contribution is -2.15. The van der Waals surface area contributed by atoms with Crippen molar-refractivity contribution in [3.63, 3.8) is 0 Å². The third-order valence-electron chi connectivity index (χ3n) is 4.45. The second-order valence-electron chi connectivity index (χ2n) is 7.01. The van der Waals surface area contributed by atoms with Crippen LogP contribution in [0.3, 0.4) is 0 Å². The van der Waals surface area contributed by atoms with Crippen LogP contribution in [0.15, 0.2) is 36.4 Å². The summed E-state index contributed by atoms with van der Waals surface area (Å²) in [6.07, 6.45) is 1.04. The van der Waals surface area contributed by atoms with Gasteiger partial charge in [-0.3, -0.25) is 5.10 Å². The summed E-state index contributed by atoms with van der Waals surface area (Å²) in [5.41, 5.74) is -0.183. The number of aromatic nitrogens is 4. The Morgan fingerprint density at radius 2 is 1.73 bits per heavy atom. The molecule has 0 unspecified atom stereocenters. The largest absolute Gasteiger partial charge is 0.421 e. The zero-order valence-electron chi connectivity index (χ0n) is 16.9. The van der Waals surface area contributed by atoms with Gasteiger partial charge in [-0.1, -0.05) is 0 Å². The number of rotatable bonds is 7. The van der Waals surface area contributed by atoms with Crippen LogP contribution in [0.1, 0.15) is 0 Å². The average molecular weight is 481 g/mol. The topological polar surface area (TPSA) is 110 Å². The van der Waals surface area contributed by atoms with Crippen LogP contribution in [0.5, 0.6) is 11.8 Å². The van der Waals surface area contributed by atoms with Gasteiger partial charge in [-0.15, -0.1) is 0 Å². The summed E-state index contributed by atoms with van der Waals surface area (Å²) in [6, 6.07) is 5.05. The Hall–Kier alpha value is -3.74. The first-order valence-electron chi connectivity index (χ1n) is 9.37. The quantitative estimate of drug-likeness (QED) is 0.386. The highest BCUT2D eigenvalue weighted by atomic mass is 32.2. The molecule has 0 fully saturated rings. The van der Waals surface area contributed by atoms with Crippen molar-refractivity contribution < 1.29 is 30.7 Å². The fraction of sp³-hybridized carbons (Fsp3) is 0.150. The standard InChI is InChI=1S/C20H15F4N5O3S/c1-33(30,31)7-6-25-18-16-17(12-8-10(21)2-4-13(12)23)28-29-19(16)27-20(26-18)32-15-5-3-11(22)9-14(15)24/h2-5,8-9H,6-7H2,1H3,(H2,25,26,27,28,29). The molecule has 0 amide bonds. The van der Waals surface area contributed by atoms with Gasteiger partial charge < -0.3 is 10.1 Å². The summed E-state index contributed by atoms with van der Waals surface area (Å²) in [5.74, 6) is -3.92. The number of benzene rings is 2. The molecule has 13 heteroatoms. The lowest BCUT2D eigenvalue weighted by molar-refractivity contribution is 0.410. The fourth-order valence-corrected chi connectivity index (χ4v) is 3.45. The molecule has 0 saturated heterocycles. The lowest BCUT2D eigenvalue weighted by atomic mass is 10.1. The molecule has 0 atom stereocenters. The highest BCUT2D eigenvalue weighted by Crippen LogP contribution is 2.34. The van der Waals surface area contributed by atoms with Crippen molar-refractivity contribution in [1.82, 2.24) is 20.2 Å². The molecule has 4 aromatic rings. The van der Waals surface area contributed by atoms with Crippen molar-refractivity contribution in [2.24, 2.45) is 0 Å². The van der Waals surface area contributed by atoms with Gasteiger partial charge in [-0.2, -0.15) is 15.1 Å². The van der Waals surface area contributed by atoms with Gasteiger partial charge in [0.1, 0.15) is 33.1 Å². The lowest BCUT2D eigenvalue weighted by Gasteiger charge is -2.10. The zero-order valence-corrected chi connectivity index (χ0v) is 17.7. The van der Waals surface area contributed by atoms with E-state index in [0.29, 0.717) is 6.07 Å². The molecule has 33 heavy (non-hydrogen) atoms. The first kappa shape index (κ1) is 22.5. The Bertz CT molecular complexity index is 1460. The van der Waals surface area contributed by atoms with E-state index in [1.807, 2.05) is 0 Å². The van der Waals surface area contributed by atoms with Crippen LogP contribution in [0.2, 0.25) is 0 Å². The number of fused-ring (bicyclic) bond motifs is 1. The number of hydrogen-bond donors (Lipinski definition) is 2. The molecule has 2 aromatic heterocycles. The summed E-state index contributed by atoms with van der Waals surface area (Å²) in [5, 5.41) is 9.43. The number of sulfone groups is 1. The van der Waals surface area contributed by atoms with Crippen molar-refractivity contribution in [1.29, 1.82) is 0 Å². The monoisotopic (exact) mass is 481 g/mol. The van der Waals surface area contributed by atoms with E-state index in [4.69, 9.17) is 4.74 Å². The molecule has 0 aliphatic rings. The molecule has 0 radical (unpaired) electrons. The third kappa shape index (κ3) is 5.03. The van der Waals surface area contributed by atoms with Crippen molar-refractivity contribution in [2.45, 2.75) is 0 Å². The van der Waals surface area contributed by atoms with E-state index in [-0.39, 0.29) is 46.2 Å². The van der Waals surface area contributed by atoms with Crippen molar-refractivity contribution in [2.75, 3.05) is 23.9 Å². The van der Waals surface area contributed by atoms with Crippen LogP contribution in [0, 0.1) is 23.3 Å². The van der Waals surface area contributed by atoms with Crippen molar-refractivity contribution in [3.8, 4) is 23.0 Å². The van der Waals surface area contributed by atoms with E-state index in [9.17, 15) is 26.0 Å². The maximum Gasteiger partial charge on any atom is 0.326 e. The average Bonchev–Trinajstić information content (AvgIpc) is 3.15. The van der Waals surface area contributed by atoms with E-state index < -0.39 is 39.1 Å². The Balaban J connectivity index is 1.81. The highest BCUT2D eigenvalue weighted by molar-refractivity contribution is 7.90. The van der Waals surface area contributed by atoms with Gasteiger partial charge in [0.25, 0.3) is 0 Å². The molecule has 0 saturated carbocycles. The Labute approximate surface area is 184 Å². The highest BCUT2D eigenvalue weighted by Gasteiger charge is 2.21. The predicted molar refractivity (Wildman–Crippen MR) is 112 cm³/mol. The SMILES string of the molecule is CS(=O)(=O)CCNc1nc(Oc2ccc(F)cc2F)nc2n[nH]c(-c3cc(F)ccc3F)c12. The number of H-pyrrole nitrogens is 1. The molecule has 172 valence electrons. The summed E-state index contributed by atoms with van der Waals surface area (Å²) in [6.45, 7) is -0.0917. The molecular weight excluding hydrogens is 466 g/mol. The van der Waals surface area contributed by atoms with Gasteiger partial charge in [0.05, 0.1) is 16.8 Å². The summed E-state index contributed by atoms with van der Waals surface area (Å²) < 4.78 is 83.6. The first-order valence-corrected chi connectivity index (χ1v) is 11.4. The molecule has 2 heterocycles. The molecule has 2 N–H and O–H groups in total. The van der Waals surface area contributed by atoms with E-state index in [1.165, 1.54) is 0 Å². The Morgan fingerprint density at radius 1 is 1.00 bits per heavy atom. The molecule has 0 aliphatic carbocycles. The van der Waals surface area contributed by atoms with Crippen molar-refractivity contribution in [3.05, 3.63) is 59.7 Å². The number of halogens is 4. The van der Waals surface area contributed by atoms with Crippen LogP contribution >= 0.6 is 0 Å². The number of ether oxygens (including phenoxy) is 1. The fourth-order valence-electron chi connectivity index (χ4n) is 2.97. The van der Waals surface area contributed by atoms with E-state index in [0.717, 1.165) is 36.6 Å². The summed E-state index contributed by atoms with van der Waals surface area (Å²) >= 11 is 0. The minimum atomic E-state index is -3.33. The van der Waals surface area contributed by atoms with Gasteiger partial charge in [0, 0.05) is 24.4 Å². The van der Waals surface area contributed by atoms with Gasteiger partial charge in [0.2, 0.25) is 0 Å². The normalized spacial score (nSPS) is 11.7. The molecule has 2 aromatic carbocycles. The summed E-state index contributed by atoms with van der Waals surface area (Å²) in [4.78, 5) is 8.15. The third-order valence-corrected chi connectivity index (χ3v) is 5.40. The van der Waals surface area contributed by atoms with Gasteiger partial charge in [-0.05, 0) is 30.3 Å². The van der Waals surface area contributed by atoms with Crippen molar-refractivity contribution >= 4 is 26.7 Å². The van der Waals surface area contributed by atoms with Crippen LogP contribution < -0.4 is 10.1 Å². The molecule has 4 rings (SSSR count). The van der Waals surface area contributed by atoms with Crippen LogP contribution in [0.25, 0.3) is 22.3 Å². The molecular formula is C20H15F4N5O3S. The second-order valence-corrected chi connectivity index (χ2v) is 9.27. The number of hydrogen-bond acceptors (Lipinski definition) is 7. The minimum absolute atomic E-state index is 0.0198. The van der Waals surface area contributed by atoms with Gasteiger partial charge in [-0.25, -0.2) is 26.0 Å². The minimum Gasteiger partial charge on any atom is -0.421 e. The smallest absolute Gasteiger partial charge is 0.326 e. The second kappa shape index (κ2) is 8.65. The number of anilines is 1. The molecule has 0 bridgehead atoms. The maximum absolute atomic E-state index is 14.4. The van der Waals surface area contributed by atoms with Crippen LogP contribution in [-0.4, -0.2) is 47.1 Å². The predicted octanol–water partition coefficient (Wildman–Crippen LogP) is 3.83. The Kier molecular flexibility index (Phi) is 5.89. The number of nitrogens with one attached hydrogen (secondary N) is 2. The first-order chi connectivity index (χ1) is 15.6. The maximum atomic E-state index is 14.4.